The molecule has 114 valence electrons. The van der Waals surface area contributed by atoms with Gasteiger partial charge in [-0.3, -0.25) is 9.78 Å². The lowest BCUT2D eigenvalue weighted by atomic mass is 10.1. The maximum Gasteiger partial charge on any atom is 0.326 e. The zero-order chi connectivity index (χ0) is 15.9. The van der Waals surface area contributed by atoms with Crippen molar-refractivity contribution in [2.75, 3.05) is 0 Å². The summed E-state index contributed by atoms with van der Waals surface area (Å²) < 4.78 is 0. The van der Waals surface area contributed by atoms with E-state index in [0.29, 0.717) is 29.3 Å². The van der Waals surface area contributed by atoms with Gasteiger partial charge in [-0.25, -0.2) is 4.79 Å². The van der Waals surface area contributed by atoms with Gasteiger partial charge in [-0.2, -0.15) is 0 Å². The number of carbonyl (C=O) groups excluding carboxylic acids is 1. The van der Waals surface area contributed by atoms with Gasteiger partial charge in [-0.15, -0.1) is 6.58 Å². The number of nitrogens with one attached hydrogen (secondary N) is 1. The van der Waals surface area contributed by atoms with Gasteiger partial charge in [-0.05, 0) is 31.4 Å². The van der Waals surface area contributed by atoms with Crippen LogP contribution in [-0.4, -0.2) is 28.0 Å². The minimum Gasteiger partial charge on any atom is -0.480 e. The SMILES string of the molecule is C=CCCC[C@@H](NC(=O)c1ccnc2ccccc12)C(=O)O. The molecule has 0 aliphatic carbocycles. The summed E-state index contributed by atoms with van der Waals surface area (Å²) in [6.45, 7) is 3.60. The number of hydrogen-bond donors (Lipinski definition) is 2. The molecule has 5 heteroatoms. The van der Waals surface area contributed by atoms with E-state index in [1.54, 1.807) is 24.4 Å². The Morgan fingerprint density at radius 1 is 1.32 bits per heavy atom. The summed E-state index contributed by atoms with van der Waals surface area (Å²) in [7, 11) is 0. The molecule has 2 rings (SSSR count). The topological polar surface area (TPSA) is 79.3 Å². The quantitative estimate of drug-likeness (QED) is 0.608. The third-order valence-electron chi connectivity index (χ3n) is 3.40. The van der Waals surface area contributed by atoms with Crippen molar-refractivity contribution in [3.63, 3.8) is 0 Å². The van der Waals surface area contributed by atoms with Crippen molar-refractivity contribution in [1.82, 2.24) is 10.3 Å². The lowest BCUT2D eigenvalue weighted by Crippen LogP contribution is -2.40. The van der Waals surface area contributed by atoms with Gasteiger partial charge >= 0.3 is 5.97 Å². The third kappa shape index (κ3) is 3.69. The minimum atomic E-state index is -1.03. The van der Waals surface area contributed by atoms with Crippen LogP contribution in [0.15, 0.2) is 49.2 Å². The second-order valence-corrected chi connectivity index (χ2v) is 4.96. The number of rotatable bonds is 7. The van der Waals surface area contributed by atoms with Crippen molar-refractivity contribution in [3.8, 4) is 0 Å². The Morgan fingerprint density at radius 2 is 2.09 bits per heavy atom. The number of carboxylic acid groups (broad SMARTS) is 1. The minimum absolute atomic E-state index is 0.371. The highest BCUT2D eigenvalue weighted by atomic mass is 16.4. The van der Waals surface area contributed by atoms with Gasteiger partial charge in [0, 0.05) is 11.6 Å². The summed E-state index contributed by atoms with van der Waals surface area (Å²) in [6, 6.07) is 7.96. The van der Waals surface area contributed by atoms with Crippen LogP contribution < -0.4 is 5.32 Å². The number of unbranched alkanes of at least 4 members (excludes halogenated alkanes) is 1. The summed E-state index contributed by atoms with van der Waals surface area (Å²) in [5.74, 6) is -1.43. The molecule has 0 fully saturated rings. The maximum atomic E-state index is 12.4. The maximum absolute atomic E-state index is 12.4. The van der Waals surface area contributed by atoms with Crippen LogP contribution in [0.5, 0.6) is 0 Å². The molecule has 0 unspecified atom stereocenters. The molecule has 0 saturated heterocycles. The lowest BCUT2D eigenvalue weighted by Gasteiger charge is -2.15. The van der Waals surface area contributed by atoms with Crippen molar-refractivity contribution in [2.45, 2.75) is 25.3 Å². The molecule has 2 aromatic rings. The molecule has 5 nitrogen and oxygen atoms in total. The lowest BCUT2D eigenvalue weighted by molar-refractivity contribution is -0.139. The van der Waals surface area contributed by atoms with Gasteiger partial charge in [0.1, 0.15) is 6.04 Å². The van der Waals surface area contributed by atoms with Crippen LogP contribution in [0.4, 0.5) is 0 Å². The van der Waals surface area contributed by atoms with E-state index in [0.717, 1.165) is 6.42 Å². The highest BCUT2D eigenvalue weighted by Gasteiger charge is 2.21. The van der Waals surface area contributed by atoms with Crippen LogP contribution in [0.2, 0.25) is 0 Å². The number of allylic oxidation sites excluding steroid dienone is 1. The zero-order valence-electron chi connectivity index (χ0n) is 12.2. The van der Waals surface area contributed by atoms with Gasteiger partial charge in [0.15, 0.2) is 0 Å². The van der Waals surface area contributed by atoms with E-state index in [9.17, 15) is 14.7 Å². The van der Waals surface area contributed by atoms with E-state index in [1.807, 2.05) is 18.2 Å². The van der Waals surface area contributed by atoms with E-state index < -0.39 is 17.9 Å². The molecule has 1 heterocycles. The smallest absolute Gasteiger partial charge is 0.326 e. The molecule has 2 N–H and O–H groups in total. The first-order valence-electron chi connectivity index (χ1n) is 7.12. The monoisotopic (exact) mass is 298 g/mol. The molecule has 0 saturated carbocycles. The van der Waals surface area contributed by atoms with Gasteiger partial charge in [0.2, 0.25) is 0 Å². The van der Waals surface area contributed by atoms with E-state index in [1.165, 1.54) is 0 Å². The first-order valence-corrected chi connectivity index (χ1v) is 7.12. The van der Waals surface area contributed by atoms with Crippen LogP contribution in [0.3, 0.4) is 0 Å². The molecule has 0 aliphatic rings. The Hall–Kier alpha value is -2.69. The van der Waals surface area contributed by atoms with Crippen LogP contribution in [-0.2, 0) is 4.79 Å². The number of fused-ring (bicyclic) bond motifs is 1. The fourth-order valence-corrected chi connectivity index (χ4v) is 2.25. The van der Waals surface area contributed by atoms with Crippen LogP contribution >= 0.6 is 0 Å². The number of carbonyl (C=O) groups is 2. The molecule has 1 amide bonds. The van der Waals surface area contributed by atoms with Crippen LogP contribution in [0.25, 0.3) is 10.9 Å². The molecule has 22 heavy (non-hydrogen) atoms. The van der Waals surface area contributed by atoms with Gasteiger partial charge in [0.05, 0.1) is 11.1 Å². The zero-order valence-corrected chi connectivity index (χ0v) is 12.2. The average Bonchev–Trinajstić information content (AvgIpc) is 2.53. The number of pyridine rings is 1. The number of amides is 1. The Kier molecular flexibility index (Phi) is 5.25. The summed E-state index contributed by atoms with van der Waals surface area (Å²) in [5.41, 5.74) is 1.13. The Bertz CT molecular complexity index is 692. The molecule has 1 aromatic carbocycles. The molecule has 1 atom stereocenters. The third-order valence-corrected chi connectivity index (χ3v) is 3.40. The predicted octanol–water partition coefficient (Wildman–Crippen LogP) is 2.77. The number of nitrogens with zero attached hydrogens (tertiary/aromatic N) is 1. The van der Waals surface area contributed by atoms with Crippen molar-refractivity contribution < 1.29 is 14.7 Å². The highest BCUT2D eigenvalue weighted by Crippen LogP contribution is 2.16. The second kappa shape index (κ2) is 7.36. The fourth-order valence-electron chi connectivity index (χ4n) is 2.25. The number of aliphatic carboxylic acids is 1. The predicted molar refractivity (Wildman–Crippen MR) is 84.7 cm³/mol. The number of para-hydroxylation sites is 1. The summed E-state index contributed by atoms with van der Waals surface area (Å²) in [5, 5.41) is 12.5. The van der Waals surface area contributed by atoms with E-state index in [4.69, 9.17) is 0 Å². The highest BCUT2D eigenvalue weighted by molar-refractivity contribution is 6.06. The van der Waals surface area contributed by atoms with E-state index in [2.05, 4.69) is 16.9 Å². The average molecular weight is 298 g/mol. The second-order valence-electron chi connectivity index (χ2n) is 4.96. The molecular formula is C17H18N2O3. The van der Waals surface area contributed by atoms with Crippen molar-refractivity contribution in [2.24, 2.45) is 0 Å². The molecule has 1 aromatic heterocycles. The molecule has 0 bridgehead atoms. The summed E-state index contributed by atoms with van der Waals surface area (Å²) in [6.07, 6.45) is 5.04. The number of aromatic nitrogens is 1. The molecule has 0 spiro atoms. The Morgan fingerprint density at radius 3 is 2.82 bits per heavy atom. The van der Waals surface area contributed by atoms with Crippen LogP contribution in [0, 0.1) is 0 Å². The van der Waals surface area contributed by atoms with Gasteiger partial charge in [0.25, 0.3) is 5.91 Å². The van der Waals surface area contributed by atoms with Crippen molar-refractivity contribution >= 4 is 22.8 Å². The molecule has 0 aliphatic heterocycles. The van der Waals surface area contributed by atoms with Gasteiger partial charge < -0.3 is 10.4 Å². The first kappa shape index (κ1) is 15.7. The Balaban J connectivity index is 2.18. The first-order chi connectivity index (χ1) is 10.6. The molecule has 0 radical (unpaired) electrons. The number of benzene rings is 1. The van der Waals surface area contributed by atoms with E-state index in [-0.39, 0.29) is 0 Å². The van der Waals surface area contributed by atoms with Crippen molar-refractivity contribution in [1.29, 1.82) is 0 Å². The van der Waals surface area contributed by atoms with Crippen LogP contribution in [0.1, 0.15) is 29.6 Å². The number of carboxylic acids is 1. The normalized spacial score (nSPS) is 11.8. The standard InChI is InChI=1S/C17H18N2O3/c1-2-3-4-9-15(17(21)22)19-16(20)13-10-11-18-14-8-6-5-7-12(13)14/h2,5-8,10-11,15H,1,3-4,9H2,(H,19,20)(H,21,22)/t15-/m1/s1. The summed E-state index contributed by atoms with van der Waals surface area (Å²) >= 11 is 0. The van der Waals surface area contributed by atoms with Gasteiger partial charge in [-0.1, -0.05) is 24.3 Å². The van der Waals surface area contributed by atoms with Crippen molar-refractivity contribution in [3.05, 3.63) is 54.7 Å². The summed E-state index contributed by atoms with van der Waals surface area (Å²) in [4.78, 5) is 27.8. The fraction of sp³-hybridized carbons (Fsp3) is 0.235. The molecular weight excluding hydrogens is 280 g/mol. The van der Waals surface area contributed by atoms with E-state index >= 15 is 0 Å². The largest absolute Gasteiger partial charge is 0.480 e. The Labute approximate surface area is 128 Å². The number of hydrogen-bond acceptors (Lipinski definition) is 3.